The molecule has 1 nitrogen and oxygen atoms in total. The van der Waals surface area contributed by atoms with Crippen LogP contribution in [-0.2, 0) is 6.42 Å². The molecule has 1 aliphatic rings. The second kappa shape index (κ2) is 13.8. The van der Waals surface area contributed by atoms with E-state index in [1.165, 1.54) is 54.6 Å². The van der Waals surface area contributed by atoms with Crippen LogP contribution in [0.3, 0.4) is 0 Å². The van der Waals surface area contributed by atoms with Gasteiger partial charge in [-0.15, -0.1) is 0 Å². The Kier molecular flexibility index (Phi) is 10.8. The van der Waals surface area contributed by atoms with Gasteiger partial charge in [0.1, 0.15) is 0 Å². The third-order valence-corrected chi connectivity index (χ3v) is 8.15. The molecule has 0 unspecified atom stereocenters. The lowest BCUT2D eigenvalue weighted by molar-refractivity contribution is 0.290. The van der Waals surface area contributed by atoms with E-state index in [-0.39, 0.29) is 5.82 Å². The molecule has 0 amide bonds. The summed E-state index contributed by atoms with van der Waals surface area (Å²) in [5.41, 5.74) is 3.55. The number of allylic oxidation sites excluding steroid dienone is 2. The summed E-state index contributed by atoms with van der Waals surface area (Å²) < 4.78 is 20.2. The molecular formula is C28H35FOS2. The zero-order chi connectivity index (χ0) is 22.6. The Morgan fingerprint density at radius 1 is 0.719 bits per heavy atom. The molecule has 2 aromatic carbocycles. The van der Waals surface area contributed by atoms with Crippen LogP contribution in [0, 0.1) is 5.82 Å². The monoisotopic (exact) mass is 470 g/mol. The zero-order valence-corrected chi connectivity index (χ0v) is 21.0. The van der Waals surface area contributed by atoms with Crippen LogP contribution in [0.25, 0.3) is 9.81 Å². The van der Waals surface area contributed by atoms with Gasteiger partial charge in [0.25, 0.3) is 0 Å². The lowest BCUT2D eigenvalue weighted by Crippen LogP contribution is -1.99. The van der Waals surface area contributed by atoms with E-state index in [4.69, 9.17) is 4.74 Å². The lowest BCUT2D eigenvalue weighted by Gasteiger charge is -2.15. The predicted octanol–water partition coefficient (Wildman–Crippen LogP) is 9.68. The SMILES string of the molecule is CCCCCCCOc1ccc(C2=CC=C(c3ccc(CCCCC)cc3)SS2)cc1F. The van der Waals surface area contributed by atoms with Crippen molar-refractivity contribution < 1.29 is 9.13 Å². The van der Waals surface area contributed by atoms with Crippen molar-refractivity contribution in [2.24, 2.45) is 0 Å². The maximum absolute atomic E-state index is 14.5. The summed E-state index contributed by atoms with van der Waals surface area (Å²) in [4.78, 5) is 2.31. The third-order valence-electron chi connectivity index (χ3n) is 5.64. The number of ether oxygens (including phenoxy) is 1. The van der Waals surface area contributed by atoms with Gasteiger partial charge in [-0.05, 0) is 66.3 Å². The fraction of sp³-hybridized carbons (Fsp3) is 0.429. The molecular weight excluding hydrogens is 435 g/mol. The van der Waals surface area contributed by atoms with Gasteiger partial charge in [-0.1, -0.05) is 98.2 Å². The highest BCUT2D eigenvalue weighted by Crippen LogP contribution is 2.48. The quantitative estimate of drug-likeness (QED) is 0.213. The number of hydrogen-bond donors (Lipinski definition) is 0. The van der Waals surface area contributed by atoms with Crippen LogP contribution >= 0.6 is 21.6 Å². The largest absolute Gasteiger partial charge is 0.491 e. The van der Waals surface area contributed by atoms with Gasteiger partial charge < -0.3 is 4.74 Å². The van der Waals surface area contributed by atoms with Crippen LogP contribution in [0.15, 0.2) is 54.6 Å². The average molecular weight is 471 g/mol. The molecule has 0 atom stereocenters. The number of unbranched alkanes of at least 4 members (excludes halogenated alkanes) is 6. The second-order valence-electron chi connectivity index (χ2n) is 8.29. The van der Waals surface area contributed by atoms with Gasteiger partial charge in [-0.2, -0.15) is 0 Å². The summed E-state index contributed by atoms with van der Waals surface area (Å²) in [6.45, 7) is 5.02. The van der Waals surface area contributed by atoms with E-state index in [1.807, 2.05) is 6.07 Å². The van der Waals surface area contributed by atoms with Gasteiger partial charge in [0, 0.05) is 9.81 Å². The van der Waals surface area contributed by atoms with Gasteiger partial charge in [0.05, 0.1) is 6.61 Å². The van der Waals surface area contributed by atoms with Crippen LogP contribution in [0.2, 0.25) is 0 Å². The number of benzene rings is 2. The predicted molar refractivity (Wildman–Crippen MR) is 141 cm³/mol. The van der Waals surface area contributed by atoms with E-state index >= 15 is 0 Å². The first-order valence-electron chi connectivity index (χ1n) is 12.0. The Bertz CT molecular complexity index is 902. The Labute approximate surface area is 201 Å². The summed E-state index contributed by atoms with van der Waals surface area (Å²) in [7, 11) is 3.42. The molecule has 0 N–H and O–H groups in total. The highest BCUT2D eigenvalue weighted by atomic mass is 33.1. The molecule has 1 heterocycles. The van der Waals surface area contributed by atoms with E-state index in [9.17, 15) is 4.39 Å². The van der Waals surface area contributed by atoms with Crippen molar-refractivity contribution in [1.82, 2.24) is 0 Å². The molecule has 0 radical (unpaired) electrons. The fourth-order valence-corrected chi connectivity index (χ4v) is 5.99. The summed E-state index contributed by atoms with van der Waals surface area (Å²) in [6.07, 6.45) is 15.0. The first-order valence-corrected chi connectivity index (χ1v) is 14.1. The summed E-state index contributed by atoms with van der Waals surface area (Å²) in [6, 6.07) is 14.2. The maximum atomic E-state index is 14.5. The van der Waals surface area contributed by atoms with Crippen LogP contribution in [-0.4, -0.2) is 6.61 Å². The van der Waals surface area contributed by atoms with Gasteiger partial charge in [0.15, 0.2) is 11.6 Å². The maximum Gasteiger partial charge on any atom is 0.165 e. The smallest absolute Gasteiger partial charge is 0.165 e. The van der Waals surface area contributed by atoms with E-state index in [0.29, 0.717) is 12.4 Å². The summed E-state index contributed by atoms with van der Waals surface area (Å²) in [5, 5.41) is 0. The van der Waals surface area contributed by atoms with E-state index in [1.54, 1.807) is 33.7 Å². The Balaban J connectivity index is 1.56. The zero-order valence-electron chi connectivity index (χ0n) is 19.4. The third kappa shape index (κ3) is 7.74. The van der Waals surface area contributed by atoms with Crippen LogP contribution in [0.4, 0.5) is 4.39 Å². The minimum atomic E-state index is -0.281. The molecule has 0 aromatic heterocycles. The fourth-order valence-electron chi connectivity index (χ4n) is 3.66. The van der Waals surface area contributed by atoms with E-state index < -0.39 is 0 Å². The Morgan fingerprint density at radius 2 is 1.34 bits per heavy atom. The molecule has 0 spiro atoms. The topological polar surface area (TPSA) is 9.23 Å². The highest BCUT2D eigenvalue weighted by molar-refractivity contribution is 8.83. The number of aryl methyl sites for hydroxylation is 1. The first-order chi connectivity index (χ1) is 15.7. The molecule has 0 saturated carbocycles. The Hall–Kier alpha value is -1.65. The molecule has 1 aliphatic heterocycles. The molecule has 2 aromatic rings. The van der Waals surface area contributed by atoms with Gasteiger partial charge in [-0.25, -0.2) is 4.39 Å². The van der Waals surface area contributed by atoms with Crippen molar-refractivity contribution in [2.75, 3.05) is 6.61 Å². The van der Waals surface area contributed by atoms with Crippen molar-refractivity contribution in [3.8, 4) is 5.75 Å². The minimum Gasteiger partial charge on any atom is -0.491 e. The van der Waals surface area contributed by atoms with Gasteiger partial charge in [0.2, 0.25) is 0 Å². The molecule has 0 bridgehead atoms. The number of rotatable bonds is 13. The lowest BCUT2D eigenvalue weighted by atomic mass is 10.0. The van der Waals surface area contributed by atoms with Crippen molar-refractivity contribution in [3.63, 3.8) is 0 Å². The molecule has 4 heteroatoms. The molecule has 32 heavy (non-hydrogen) atoms. The normalized spacial score (nSPS) is 13.6. The van der Waals surface area contributed by atoms with Crippen LogP contribution < -0.4 is 4.74 Å². The summed E-state index contributed by atoms with van der Waals surface area (Å²) in [5.74, 6) is 0.0737. The first kappa shape index (κ1) is 25.0. The van der Waals surface area contributed by atoms with Gasteiger partial charge >= 0.3 is 0 Å². The van der Waals surface area contributed by atoms with Gasteiger partial charge in [-0.3, -0.25) is 0 Å². The molecule has 0 saturated heterocycles. The van der Waals surface area contributed by atoms with Crippen molar-refractivity contribution in [2.45, 2.75) is 71.6 Å². The molecule has 3 rings (SSSR count). The highest BCUT2D eigenvalue weighted by Gasteiger charge is 2.14. The van der Waals surface area contributed by atoms with Crippen molar-refractivity contribution in [3.05, 3.63) is 77.1 Å². The van der Waals surface area contributed by atoms with E-state index in [0.717, 1.165) is 29.7 Å². The van der Waals surface area contributed by atoms with E-state index in [2.05, 4.69) is 50.3 Å². The van der Waals surface area contributed by atoms with Crippen molar-refractivity contribution >= 4 is 31.4 Å². The average Bonchev–Trinajstić information content (AvgIpc) is 2.83. The molecule has 172 valence electrons. The number of halogens is 1. The minimum absolute atomic E-state index is 0.281. The second-order valence-corrected chi connectivity index (χ2v) is 10.5. The standard InChI is InChI=1S/C28H35FOS2/c1-3-5-7-8-10-20-30-26-17-16-24(21-25(26)29)28-19-18-27(31-32-28)23-14-12-22(13-15-23)11-9-6-4-2/h12-19,21H,3-11,20H2,1-2H3. The summed E-state index contributed by atoms with van der Waals surface area (Å²) >= 11 is 0. The molecule has 0 aliphatic carbocycles. The Morgan fingerprint density at radius 3 is 2.00 bits per heavy atom. The molecule has 0 fully saturated rings. The van der Waals surface area contributed by atoms with Crippen molar-refractivity contribution in [1.29, 1.82) is 0 Å². The van der Waals surface area contributed by atoms with Crippen LogP contribution in [0.5, 0.6) is 5.75 Å². The van der Waals surface area contributed by atoms with Crippen LogP contribution in [0.1, 0.15) is 81.9 Å². The number of hydrogen-bond acceptors (Lipinski definition) is 3.